The second-order valence-electron chi connectivity index (χ2n) is 9.75. The fourth-order valence-corrected chi connectivity index (χ4v) is 4.51. The van der Waals surface area contributed by atoms with Gasteiger partial charge in [-0.3, -0.25) is 9.36 Å². The van der Waals surface area contributed by atoms with Gasteiger partial charge in [-0.15, -0.1) is 0 Å². The van der Waals surface area contributed by atoms with Gasteiger partial charge in [0.2, 0.25) is 5.91 Å². The Morgan fingerprint density at radius 1 is 1.24 bits per heavy atom. The SMILES string of the molecule is Cn1c(C(F)(F)F)nc([N+](=O)[O-])c1C[N+](C)(C)C/C=C/C(=O)Nc1cc2c(Nc3ccc(Cl)c(Br)c3)ncnc2cn1. The van der Waals surface area contributed by atoms with E-state index in [2.05, 4.69) is 46.5 Å². The monoisotopic (exact) mass is 668 g/mol. The van der Waals surface area contributed by atoms with Gasteiger partial charge in [-0.1, -0.05) is 11.6 Å². The molecule has 0 radical (unpaired) electrons. The number of rotatable bonds is 9. The lowest BCUT2D eigenvalue weighted by Gasteiger charge is -2.28. The van der Waals surface area contributed by atoms with E-state index in [0.717, 1.165) is 7.05 Å². The molecule has 0 fully saturated rings. The number of imidazole rings is 1. The molecule has 4 rings (SSSR count). The van der Waals surface area contributed by atoms with Crippen molar-refractivity contribution in [2.75, 3.05) is 31.3 Å². The van der Waals surface area contributed by atoms with E-state index in [1.165, 1.54) is 24.7 Å². The molecule has 220 valence electrons. The maximum Gasteiger partial charge on any atom is 0.475 e. The number of carbonyl (C=O) groups excluding carboxylic acids is 1. The van der Waals surface area contributed by atoms with Crippen molar-refractivity contribution in [3.05, 3.63) is 80.1 Å². The Balaban J connectivity index is 1.45. The van der Waals surface area contributed by atoms with Crippen LogP contribution in [-0.4, -0.2) is 60.5 Å². The smallest absolute Gasteiger partial charge is 0.358 e. The minimum Gasteiger partial charge on any atom is -0.358 e. The summed E-state index contributed by atoms with van der Waals surface area (Å²) in [5, 5.41) is 18.3. The fraction of sp³-hybridized carbons (Fsp3) is 0.240. The van der Waals surface area contributed by atoms with Crippen molar-refractivity contribution in [1.82, 2.24) is 24.5 Å². The highest BCUT2D eigenvalue weighted by molar-refractivity contribution is 9.10. The predicted octanol–water partition coefficient (Wildman–Crippen LogP) is 5.62. The molecule has 0 saturated heterocycles. The summed E-state index contributed by atoms with van der Waals surface area (Å²) in [5.41, 5.74) is 1.06. The van der Waals surface area contributed by atoms with E-state index < -0.39 is 28.6 Å². The van der Waals surface area contributed by atoms with Gasteiger partial charge >= 0.3 is 17.8 Å². The lowest BCUT2D eigenvalue weighted by Crippen LogP contribution is -2.39. The quantitative estimate of drug-likeness (QED) is 0.101. The van der Waals surface area contributed by atoms with Crippen molar-refractivity contribution >= 4 is 67.5 Å². The summed E-state index contributed by atoms with van der Waals surface area (Å²) < 4.78 is 41.1. The number of pyridine rings is 1. The zero-order chi connectivity index (χ0) is 30.8. The summed E-state index contributed by atoms with van der Waals surface area (Å²) in [7, 11) is 4.40. The lowest BCUT2D eigenvalue weighted by molar-refractivity contribution is -0.898. The molecule has 4 aromatic rings. The van der Waals surface area contributed by atoms with Crippen LogP contribution < -0.4 is 10.6 Å². The van der Waals surface area contributed by atoms with Crippen LogP contribution in [0, 0.1) is 10.1 Å². The predicted molar refractivity (Wildman–Crippen MR) is 153 cm³/mol. The average Bonchev–Trinajstić information content (AvgIpc) is 3.22. The Labute approximate surface area is 250 Å². The molecule has 0 atom stereocenters. The first-order valence-electron chi connectivity index (χ1n) is 12.0. The first kappa shape index (κ1) is 30.8. The molecule has 0 saturated carbocycles. The highest BCUT2D eigenvalue weighted by Crippen LogP contribution is 2.33. The van der Waals surface area contributed by atoms with Crippen LogP contribution in [0.25, 0.3) is 10.9 Å². The molecule has 0 aliphatic rings. The number of likely N-dealkylation sites (N-methyl/N-ethyl adjacent to an activating group) is 1. The summed E-state index contributed by atoms with van der Waals surface area (Å²) in [6.45, 7) is 0.0227. The molecular formula is C25H23BrClF3N9O3+. The van der Waals surface area contributed by atoms with E-state index in [1.807, 2.05) is 0 Å². The number of nitrogens with one attached hydrogen (secondary N) is 2. The van der Waals surface area contributed by atoms with Crippen molar-refractivity contribution in [2.24, 2.45) is 7.05 Å². The van der Waals surface area contributed by atoms with Gasteiger partial charge in [0.05, 0.1) is 37.4 Å². The molecule has 2 N–H and O–H groups in total. The molecule has 1 amide bonds. The maximum atomic E-state index is 13.3. The second-order valence-corrected chi connectivity index (χ2v) is 11.0. The van der Waals surface area contributed by atoms with E-state index in [9.17, 15) is 28.1 Å². The van der Waals surface area contributed by atoms with Crippen molar-refractivity contribution in [1.29, 1.82) is 0 Å². The van der Waals surface area contributed by atoms with E-state index >= 15 is 0 Å². The van der Waals surface area contributed by atoms with Crippen LogP contribution in [0.5, 0.6) is 0 Å². The Morgan fingerprint density at radius 3 is 2.64 bits per heavy atom. The number of alkyl halides is 3. The van der Waals surface area contributed by atoms with Gasteiger partial charge < -0.3 is 25.2 Å². The van der Waals surface area contributed by atoms with Crippen molar-refractivity contribution < 1.29 is 27.4 Å². The summed E-state index contributed by atoms with van der Waals surface area (Å²) in [5.74, 6) is -2.03. The Kier molecular flexibility index (Phi) is 8.79. The average molecular weight is 670 g/mol. The van der Waals surface area contributed by atoms with Crippen LogP contribution >= 0.6 is 27.5 Å². The third-order valence-corrected chi connectivity index (χ3v) is 7.23. The normalized spacial score (nSPS) is 12.2. The Hall–Kier alpha value is -4.15. The van der Waals surface area contributed by atoms with Gasteiger partial charge in [0, 0.05) is 28.7 Å². The molecule has 0 spiro atoms. The molecule has 0 bridgehead atoms. The van der Waals surface area contributed by atoms with E-state index in [1.54, 1.807) is 38.4 Å². The van der Waals surface area contributed by atoms with Crippen molar-refractivity contribution in [3.63, 3.8) is 0 Å². The number of fused-ring (bicyclic) bond motifs is 1. The summed E-state index contributed by atoms with van der Waals surface area (Å²) in [4.78, 5) is 38.9. The number of aromatic nitrogens is 5. The highest BCUT2D eigenvalue weighted by atomic mass is 79.9. The molecule has 42 heavy (non-hydrogen) atoms. The van der Waals surface area contributed by atoms with E-state index in [4.69, 9.17) is 11.6 Å². The largest absolute Gasteiger partial charge is 0.475 e. The summed E-state index contributed by atoms with van der Waals surface area (Å²) >= 11 is 9.44. The standard InChI is InChI=1S/C25H22BrClF3N9O3/c1-37-19(23(38(41)42)36-24(37)25(28,29)30)12-39(2,3)8-4-5-21(40)35-20-10-15-18(11-31-20)32-13-33-22(15)34-14-6-7-17(27)16(26)9-14/h4-7,9-11,13H,8,12H2,1-3H3,(H-,31,32,33,34,35,40)/p+1/b5-4+. The van der Waals surface area contributed by atoms with Crippen LogP contribution in [-0.2, 0) is 24.6 Å². The Morgan fingerprint density at radius 2 is 1.98 bits per heavy atom. The van der Waals surface area contributed by atoms with Crippen LogP contribution in [0.2, 0.25) is 5.02 Å². The number of halogens is 5. The van der Waals surface area contributed by atoms with E-state index in [-0.39, 0.29) is 29.1 Å². The zero-order valence-corrected chi connectivity index (χ0v) is 24.6. The van der Waals surface area contributed by atoms with Crippen LogP contribution in [0.15, 0.2) is 53.4 Å². The van der Waals surface area contributed by atoms with Gasteiger partial charge in [0.15, 0.2) is 5.69 Å². The van der Waals surface area contributed by atoms with Gasteiger partial charge in [0.1, 0.15) is 24.5 Å². The van der Waals surface area contributed by atoms with Gasteiger partial charge in [-0.2, -0.15) is 13.2 Å². The first-order chi connectivity index (χ1) is 19.6. The van der Waals surface area contributed by atoms with Gasteiger partial charge in [0.25, 0.3) is 0 Å². The van der Waals surface area contributed by atoms with E-state index in [0.29, 0.717) is 36.5 Å². The Bertz CT molecular complexity index is 1710. The number of benzene rings is 1. The minimum absolute atomic E-state index is 0.00283. The number of nitro groups is 1. The maximum absolute atomic E-state index is 13.3. The molecule has 0 aliphatic carbocycles. The number of carbonyl (C=O) groups is 1. The molecule has 0 unspecified atom stereocenters. The minimum atomic E-state index is -4.85. The number of anilines is 3. The third-order valence-electron chi connectivity index (χ3n) is 6.02. The lowest BCUT2D eigenvalue weighted by atomic mass is 10.2. The van der Waals surface area contributed by atoms with Crippen LogP contribution in [0.1, 0.15) is 11.5 Å². The molecule has 1 aromatic carbocycles. The number of hydrogen-bond donors (Lipinski definition) is 2. The fourth-order valence-electron chi connectivity index (χ4n) is 4.01. The molecule has 17 heteroatoms. The van der Waals surface area contributed by atoms with Gasteiger partial charge in [-0.05, 0) is 56.2 Å². The van der Waals surface area contributed by atoms with Crippen LogP contribution in [0.3, 0.4) is 0 Å². The van der Waals surface area contributed by atoms with Crippen molar-refractivity contribution in [3.8, 4) is 0 Å². The molecule has 0 aliphatic heterocycles. The topological polar surface area (TPSA) is 141 Å². The summed E-state index contributed by atoms with van der Waals surface area (Å²) in [6, 6.07) is 6.88. The zero-order valence-electron chi connectivity index (χ0n) is 22.3. The number of amides is 1. The molecular weight excluding hydrogens is 647 g/mol. The number of quaternary nitrogens is 1. The number of hydrogen-bond acceptors (Lipinski definition) is 8. The molecule has 3 heterocycles. The summed E-state index contributed by atoms with van der Waals surface area (Å²) in [6.07, 6.45) is 0.769. The van der Waals surface area contributed by atoms with Crippen molar-refractivity contribution in [2.45, 2.75) is 12.7 Å². The third kappa shape index (κ3) is 7.18. The first-order valence-corrected chi connectivity index (χ1v) is 13.2. The van der Waals surface area contributed by atoms with Gasteiger partial charge in [-0.25, -0.2) is 15.0 Å². The molecule has 3 aromatic heterocycles. The number of nitrogens with zero attached hydrogens (tertiary/aromatic N) is 7. The molecule has 12 nitrogen and oxygen atoms in total. The highest BCUT2D eigenvalue weighted by Gasteiger charge is 2.45. The van der Waals surface area contributed by atoms with Crippen LogP contribution in [0.4, 0.5) is 36.3 Å². The second kappa shape index (κ2) is 12.0.